The van der Waals surface area contributed by atoms with Gasteiger partial charge in [-0.15, -0.1) is 11.3 Å². The van der Waals surface area contributed by atoms with Gasteiger partial charge in [0.2, 0.25) is 5.91 Å². The van der Waals surface area contributed by atoms with Crippen LogP contribution >= 0.6 is 11.3 Å². The SMILES string of the molecule is CN(C)C(=O)C1CN(c2ccc(C#N)c(C(F)(F)F)c2)CC12CCN(C(=O)c1cscn1)CC2. The Labute approximate surface area is 199 Å². The molecule has 2 aliphatic heterocycles. The third-order valence-corrected chi connectivity index (χ3v) is 7.47. The Morgan fingerprint density at radius 2 is 1.97 bits per heavy atom. The molecule has 2 aliphatic rings. The minimum Gasteiger partial charge on any atom is -0.370 e. The molecule has 0 N–H and O–H groups in total. The van der Waals surface area contributed by atoms with E-state index >= 15 is 0 Å². The first-order chi connectivity index (χ1) is 16.1. The third kappa shape index (κ3) is 4.34. The van der Waals surface area contributed by atoms with Crippen LogP contribution in [-0.2, 0) is 11.0 Å². The number of carbonyl (C=O) groups excluding carboxylic acids is 2. The number of hydrogen-bond acceptors (Lipinski definition) is 6. The van der Waals surface area contributed by atoms with Gasteiger partial charge in [0.05, 0.1) is 28.6 Å². The van der Waals surface area contributed by atoms with Gasteiger partial charge in [-0.25, -0.2) is 4.98 Å². The number of anilines is 1. The summed E-state index contributed by atoms with van der Waals surface area (Å²) >= 11 is 1.35. The fourth-order valence-electron chi connectivity index (χ4n) is 5.02. The molecule has 0 radical (unpaired) electrons. The van der Waals surface area contributed by atoms with Crippen LogP contribution in [0.15, 0.2) is 29.1 Å². The molecule has 1 aromatic heterocycles. The highest BCUT2D eigenvalue weighted by molar-refractivity contribution is 7.07. The van der Waals surface area contributed by atoms with Crippen molar-refractivity contribution in [2.24, 2.45) is 11.3 Å². The number of rotatable bonds is 3. The third-order valence-electron chi connectivity index (χ3n) is 6.88. The van der Waals surface area contributed by atoms with E-state index in [1.54, 1.807) is 40.9 Å². The minimum atomic E-state index is -4.65. The normalized spacial score (nSPS) is 19.8. The van der Waals surface area contributed by atoms with Crippen molar-refractivity contribution in [3.8, 4) is 6.07 Å². The van der Waals surface area contributed by atoms with E-state index in [4.69, 9.17) is 5.26 Å². The summed E-state index contributed by atoms with van der Waals surface area (Å²) in [6.07, 6.45) is -3.53. The average molecular weight is 492 g/mol. The molecule has 180 valence electrons. The lowest BCUT2D eigenvalue weighted by Crippen LogP contribution is -2.49. The second-order valence-corrected chi connectivity index (χ2v) is 9.75. The molecule has 2 amide bonds. The van der Waals surface area contributed by atoms with E-state index in [1.807, 2.05) is 0 Å². The molecule has 2 saturated heterocycles. The lowest BCUT2D eigenvalue weighted by molar-refractivity contribution is -0.138. The molecule has 1 atom stereocenters. The molecule has 11 heteroatoms. The van der Waals surface area contributed by atoms with Gasteiger partial charge in [0.25, 0.3) is 5.91 Å². The van der Waals surface area contributed by atoms with Crippen LogP contribution in [0.4, 0.5) is 18.9 Å². The molecule has 2 fully saturated rings. The summed E-state index contributed by atoms with van der Waals surface area (Å²) in [5, 5.41) is 10.8. The molecule has 34 heavy (non-hydrogen) atoms. The monoisotopic (exact) mass is 491 g/mol. The van der Waals surface area contributed by atoms with Crippen LogP contribution in [0.5, 0.6) is 0 Å². The van der Waals surface area contributed by atoms with E-state index in [0.29, 0.717) is 43.9 Å². The number of thiazole rings is 1. The zero-order valence-electron chi connectivity index (χ0n) is 18.8. The Balaban J connectivity index is 1.60. The molecular formula is C23H24F3N5O2S. The van der Waals surface area contributed by atoms with E-state index in [2.05, 4.69) is 4.98 Å². The van der Waals surface area contributed by atoms with Gasteiger partial charge < -0.3 is 14.7 Å². The van der Waals surface area contributed by atoms with E-state index in [-0.39, 0.29) is 18.4 Å². The summed E-state index contributed by atoms with van der Waals surface area (Å²) in [6.45, 7) is 1.57. The summed E-state index contributed by atoms with van der Waals surface area (Å²) < 4.78 is 40.6. The van der Waals surface area contributed by atoms with E-state index in [9.17, 15) is 22.8 Å². The number of nitriles is 1. The number of carbonyl (C=O) groups is 2. The molecule has 2 aromatic rings. The van der Waals surface area contributed by atoms with Gasteiger partial charge in [0.1, 0.15) is 5.69 Å². The zero-order chi connectivity index (χ0) is 24.7. The Kier molecular flexibility index (Phi) is 6.29. The van der Waals surface area contributed by atoms with E-state index in [1.165, 1.54) is 28.4 Å². The summed E-state index contributed by atoms with van der Waals surface area (Å²) in [5.41, 5.74) is 0.457. The van der Waals surface area contributed by atoms with Crippen LogP contribution in [0, 0.1) is 22.7 Å². The van der Waals surface area contributed by atoms with Gasteiger partial charge in [0, 0.05) is 56.8 Å². The van der Waals surface area contributed by atoms with Crippen molar-refractivity contribution >= 4 is 28.8 Å². The summed E-state index contributed by atoms with van der Waals surface area (Å²) in [4.78, 5) is 35.0. The fourth-order valence-corrected chi connectivity index (χ4v) is 5.55. The number of benzene rings is 1. The molecule has 7 nitrogen and oxygen atoms in total. The van der Waals surface area contributed by atoms with Crippen LogP contribution in [0.25, 0.3) is 0 Å². The summed E-state index contributed by atoms with van der Waals surface area (Å²) in [7, 11) is 3.34. The Morgan fingerprint density at radius 3 is 2.53 bits per heavy atom. The maximum Gasteiger partial charge on any atom is 0.417 e. The van der Waals surface area contributed by atoms with Gasteiger partial charge in [-0.3, -0.25) is 9.59 Å². The lowest BCUT2D eigenvalue weighted by Gasteiger charge is -2.42. The maximum atomic E-state index is 13.5. The van der Waals surface area contributed by atoms with E-state index < -0.39 is 28.6 Å². The molecular weight excluding hydrogens is 467 g/mol. The molecule has 0 aliphatic carbocycles. The molecule has 1 aromatic carbocycles. The Morgan fingerprint density at radius 1 is 1.26 bits per heavy atom. The van der Waals surface area contributed by atoms with Crippen molar-refractivity contribution < 1.29 is 22.8 Å². The van der Waals surface area contributed by atoms with Gasteiger partial charge in [-0.1, -0.05) is 0 Å². The Bertz CT molecular complexity index is 1120. The number of nitrogens with zero attached hydrogens (tertiary/aromatic N) is 5. The standard InChI is InChI=1S/C23H24F3N5O2S/c1-29(2)20(32)18-11-31(16-4-3-15(10-27)17(9-16)23(24,25)26)13-22(18)5-7-30(8-6-22)21(33)19-12-34-14-28-19/h3-4,9,12,14,18H,5-8,11,13H2,1-2H3. The van der Waals surface area contributed by atoms with Crippen molar-refractivity contribution in [2.75, 3.05) is 45.2 Å². The fraction of sp³-hybridized carbons (Fsp3) is 0.478. The highest BCUT2D eigenvalue weighted by atomic mass is 32.1. The second-order valence-electron chi connectivity index (χ2n) is 9.03. The number of piperidine rings is 1. The van der Waals surface area contributed by atoms with Crippen molar-refractivity contribution in [3.05, 3.63) is 45.9 Å². The first-order valence-electron chi connectivity index (χ1n) is 10.8. The largest absolute Gasteiger partial charge is 0.417 e. The van der Waals surface area contributed by atoms with Crippen molar-refractivity contribution in [2.45, 2.75) is 19.0 Å². The smallest absolute Gasteiger partial charge is 0.370 e. The molecule has 1 unspecified atom stereocenters. The first kappa shape index (κ1) is 24.0. The van der Waals surface area contributed by atoms with Crippen molar-refractivity contribution in [3.63, 3.8) is 0 Å². The molecule has 0 bridgehead atoms. The average Bonchev–Trinajstić information content (AvgIpc) is 3.46. The molecule has 3 heterocycles. The Hall–Kier alpha value is -3.13. The van der Waals surface area contributed by atoms with Gasteiger partial charge in [-0.2, -0.15) is 18.4 Å². The number of aromatic nitrogens is 1. The number of alkyl halides is 3. The molecule has 0 saturated carbocycles. The zero-order valence-corrected chi connectivity index (χ0v) is 19.6. The lowest BCUT2D eigenvalue weighted by atomic mass is 9.70. The number of likely N-dealkylation sites (tertiary alicyclic amines) is 1. The number of amides is 2. The van der Waals surface area contributed by atoms with Crippen molar-refractivity contribution in [1.82, 2.24) is 14.8 Å². The number of hydrogen-bond donors (Lipinski definition) is 0. The predicted octanol–water partition coefficient (Wildman–Crippen LogP) is 3.48. The van der Waals surface area contributed by atoms with Crippen LogP contribution < -0.4 is 4.90 Å². The van der Waals surface area contributed by atoms with Crippen molar-refractivity contribution in [1.29, 1.82) is 5.26 Å². The first-order valence-corrected chi connectivity index (χ1v) is 11.7. The predicted molar refractivity (Wildman–Crippen MR) is 120 cm³/mol. The van der Waals surface area contributed by atoms with Crippen LogP contribution in [0.1, 0.15) is 34.5 Å². The quantitative estimate of drug-likeness (QED) is 0.657. The van der Waals surface area contributed by atoms with Gasteiger partial charge >= 0.3 is 6.18 Å². The van der Waals surface area contributed by atoms with Crippen LogP contribution in [-0.4, -0.2) is 66.9 Å². The van der Waals surface area contributed by atoms with Gasteiger partial charge in [0.15, 0.2) is 0 Å². The molecule has 4 rings (SSSR count). The maximum absolute atomic E-state index is 13.5. The topological polar surface area (TPSA) is 80.5 Å². The van der Waals surface area contributed by atoms with Gasteiger partial charge in [-0.05, 0) is 31.0 Å². The summed E-state index contributed by atoms with van der Waals surface area (Å²) in [5.74, 6) is -0.640. The second kappa shape index (κ2) is 8.91. The molecule has 1 spiro atoms. The summed E-state index contributed by atoms with van der Waals surface area (Å²) in [6, 6.07) is 5.29. The highest BCUT2D eigenvalue weighted by Crippen LogP contribution is 2.47. The number of halogens is 3. The van der Waals surface area contributed by atoms with Crippen LogP contribution in [0.2, 0.25) is 0 Å². The minimum absolute atomic E-state index is 0.0773. The van der Waals surface area contributed by atoms with E-state index in [0.717, 1.165) is 6.07 Å². The van der Waals surface area contributed by atoms with Crippen LogP contribution in [0.3, 0.4) is 0 Å². The highest BCUT2D eigenvalue weighted by Gasteiger charge is 2.52.